The van der Waals surface area contributed by atoms with Crippen LogP contribution in [0.5, 0.6) is 28.7 Å². The number of ether oxygens (including phenoxy) is 8. The fourth-order valence-corrected chi connectivity index (χ4v) is 4.82. The molecule has 0 bridgehead atoms. The van der Waals surface area contributed by atoms with Gasteiger partial charge in [0.2, 0.25) is 0 Å². The first-order valence-electron chi connectivity index (χ1n) is 15.0. The van der Waals surface area contributed by atoms with Crippen LogP contribution < -0.4 is 23.7 Å². The van der Waals surface area contributed by atoms with Crippen molar-refractivity contribution in [3.63, 3.8) is 0 Å². The summed E-state index contributed by atoms with van der Waals surface area (Å²) >= 11 is 0. The van der Waals surface area contributed by atoms with Crippen LogP contribution in [0, 0.1) is 16.2 Å². The number of benzene rings is 3. The number of carbonyl (C=O) groups excluding carboxylic acids is 2. The van der Waals surface area contributed by atoms with Gasteiger partial charge in [0.15, 0.2) is 11.5 Å². The molecule has 3 fully saturated rings. The van der Waals surface area contributed by atoms with E-state index in [1.807, 2.05) is 6.92 Å². The van der Waals surface area contributed by atoms with Crippen molar-refractivity contribution in [2.24, 2.45) is 16.2 Å². The Kier molecular flexibility index (Phi) is 8.72. The first kappa shape index (κ1) is 30.9. The predicted molar refractivity (Wildman–Crippen MR) is 163 cm³/mol. The second-order valence-electron chi connectivity index (χ2n) is 13.2. The zero-order chi connectivity index (χ0) is 31.5. The molecule has 0 aliphatic carbocycles. The molecular formula is C35H38O10. The molecule has 0 aromatic heterocycles. The van der Waals surface area contributed by atoms with Crippen molar-refractivity contribution in [2.75, 3.05) is 59.5 Å². The highest BCUT2D eigenvalue weighted by molar-refractivity contribution is 5.92. The number of hydrogen-bond acceptors (Lipinski definition) is 10. The Morgan fingerprint density at radius 3 is 1.36 bits per heavy atom. The number of esters is 2. The van der Waals surface area contributed by atoms with Crippen LogP contribution in [0.3, 0.4) is 0 Å². The Bertz CT molecular complexity index is 1500. The summed E-state index contributed by atoms with van der Waals surface area (Å²) < 4.78 is 45.1. The fraction of sp³-hybridized carbons (Fsp3) is 0.429. The zero-order valence-corrected chi connectivity index (χ0v) is 25.8. The molecule has 0 amide bonds. The Balaban J connectivity index is 1.10. The van der Waals surface area contributed by atoms with Gasteiger partial charge in [-0.25, -0.2) is 9.59 Å². The molecule has 3 aliphatic heterocycles. The van der Waals surface area contributed by atoms with Crippen LogP contribution in [0.15, 0.2) is 66.7 Å². The molecule has 238 valence electrons. The topological polar surface area (TPSA) is 108 Å². The average Bonchev–Trinajstić information content (AvgIpc) is 3.00. The minimum Gasteiger partial charge on any atom is -0.493 e. The van der Waals surface area contributed by atoms with E-state index in [-0.39, 0.29) is 33.5 Å². The summed E-state index contributed by atoms with van der Waals surface area (Å²) in [6.07, 6.45) is 0. The summed E-state index contributed by atoms with van der Waals surface area (Å²) in [4.78, 5) is 26.0. The number of rotatable bonds is 13. The Morgan fingerprint density at radius 2 is 0.933 bits per heavy atom. The van der Waals surface area contributed by atoms with E-state index in [2.05, 4.69) is 13.8 Å². The molecule has 0 radical (unpaired) electrons. The van der Waals surface area contributed by atoms with Gasteiger partial charge in [-0.3, -0.25) is 0 Å². The van der Waals surface area contributed by atoms with Crippen molar-refractivity contribution in [1.82, 2.24) is 0 Å². The maximum absolute atomic E-state index is 13.1. The van der Waals surface area contributed by atoms with E-state index in [1.54, 1.807) is 66.7 Å². The SMILES string of the molecule is CC1(COc2ccc(C(=O)Oc3ccc(OC(=O)c4ccc(OCC5(C)COC5)cc4)c(OCC4(C)COC4)c3)cc2)COC1. The van der Waals surface area contributed by atoms with Crippen LogP contribution >= 0.6 is 0 Å². The van der Waals surface area contributed by atoms with Gasteiger partial charge in [-0.05, 0) is 60.7 Å². The lowest BCUT2D eigenvalue weighted by Crippen LogP contribution is -2.44. The van der Waals surface area contributed by atoms with Gasteiger partial charge >= 0.3 is 11.9 Å². The van der Waals surface area contributed by atoms with Crippen molar-refractivity contribution in [1.29, 1.82) is 0 Å². The second kappa shape index (κ2) is 12.7. The van der Waals surface area contributed by atoms with Crippen molar-refractivity contribution in [2.45, 2.75) is 20.8 Å². The monoisotopic (exact) mass is 618 g/mol. The molecule has 3 aromatic carbocycles. The average molecular weight is 619 g/mol. The van der Waals surface area contributed by atoms with E-state index in [9.17, 15) is 9.59 Å². The maximum Gasteiger partial charge on any atom is 0.343 e. The number of hydrogen-bond donors (Lipinski definition) is 0. The normalized spacial score (nSPS) is 18.7. The molecule has 0 saturated carbocycles. The first-order chi connectivity index (χ1) is 21.6. The molecule has 3 saturated heterocycles. The molecule has 0 atom stereocenters. The third-order valence-corrected chi connectivity index (χ3v) is 7.96. The fourth-order valence-electron chi connectivity index (χ4n) is 4.82. The third-order valence-electron chi connectivity index (χ3n) is 7.96. The molecule has 3 aliphatic rings. The molecule has 3 aromatic rings. The van der Waals surface area contributed by atoms with Crippen molar-refractivity contribution >= 4 is 11.9 Å². The Morgan fingerprint density at radius 1 is 0.533 bits per heavy atom. The minimum absolute atomic E-state index is 0.0145. The highest BCUT2D eigenvalue weighted by Crippen LogP contribution is 2.36. The van der Waals surface area contributed by atoms with Crippen molar-refractivity contribution in [3.8, 4) is 28.7 Å². The van der Waals surface area contributed by atoms with E-state index in [0.717, 1.165) is 0 Å². The zero-order valence-electron chi connectivity index (χ0n) is 25.8. The summed E-state index contributed by atoms with van der Waals surface area (Å²) in [5.41, 5.74) is 0.578. The van der Waals surface area contributed by atoms with Gasteiger partial charge in [0.1, 0.15) is 17.2 Å². The van der Waals surface area contributed by atoms with Gasteiger partial charge in [-0.1, -0.05) is 20.8 Å². The Hall–Kier alpha value is -4.12. The third kappa shape index (κ3) is 7.58. The van der Waals surface area contributed by atoms with Gasteiger partial charge < -0.3 is 37.9 Å². The summed E-state index contributed by atoms with van der Waals surface area (Å²) in [5.74, 6) is 0.937. The van der Waals surface area contributed by atoms with E-state index < -0.39 is 11.9 Å². The molecular weight excluding hydrogens is 580 g/mol. The van der Waals surface area contributed by atoms with Gasteiger partial charge in [0.25, 0.3) is 0 Å². The lowest BCUT2D eigenvalue weighted by Gasteiger charge is -2.37. The molecule has 3 heterocycles. The summed E-state index contributed by atoms with van der Waals surface area (Å²) in [7, 11) is 0. The predicted octanol–water partition coefficient (Wildman–Crippen LogP) is 5.37. The second-order valence-corrected chi connectivity index (χ2v) is 13.2. The molecule has 0 spiro atoms. The van der Waals surface area contributed by atoms with Gasteiger partial charge in [0.05, 0.1) is 70.6 Å². The lowest BCUT2D eigenvalue weighted by atomic mass is 9.90. The molecule has 10 heteroatoms. The molecule has 0 unspecified atom stereocenters. The minimum atomic E-state index is -0.560. The van der Waals surface area contributed by atoms with Crippen LogP contribution in [0.25, 0.3) is 0 Å². The van der Waals surface area contributed by atoms with Gasteiger partial charge in [-0.2, -0.15) is 0 Å². The summed E-state index contributed by atoms with van der Waals surface area (Å²) in [6.45, 7) is 11.5. The van der Waals surface area contributed by atoms with Crippen LogP contribution in [0.4, 0.5) is 0 Å². The summed E-state index contributed by atoms with van der Waals surface area (Å²) in [6, 6.07) is 18.2. The highest BCUT2D eigenvalue weighted by Gasteiger charge is 2.36. The lowest BCUT2D eigenvalue weighted by molar-refractivity contribution is -0.120. The maximum atomic E-state index is 13.1. The smallest absolute Gasteiger partial charge is 0.343 e. The quantitative estimate of drug-likeness (QED) is 0.183. The van der Waals surface area contributed by atoms with Gasteiger partial charge in [-0.15, -0.1) is 0 Å². The molecule has 10 nitrogen and oxygen atoms in total. The summed E-state index contributed by atoms with van der Waals surface area (Å²) in [5, 5.41) is 0. The van der Waals surface area contributed by atoms with Crippen LogP contribution in [-0.2, 0) is 14.2 Å². The van der Waals surface area contributed by atoms with E-state index in [0.29, 0.717) is 82.1 Å². The van der Waals surface area contributed by atoms with Crippen LogP contribution in [-0.4, -0.2) is 71.4 Å². The highest BCUT2D eigenvalue weighted by atomic mass is 16.6. The van der Waals surface area contributed by atoms with Crippen molar-refractivity contribution < 1.29 is 47.5 Å². The van der Waals surface area contributed by atoms with Gasteiger partial charge in [0, 0.05) is 22.3 Å². The van der Waals surface area contributed by atoms with E-state index in [4.69, 9.17) is 37.9 Å². The first-order valence-corrected chi connectivity index (χ1v) is 15.0. The van der Waals surface area contributed by atoms with E-state index >= 15 is 0 Å². The van der Waals surface area contributed by atoms with Crippen LogP contribution in [0.2, 0.25) is 0 Å². The molecule has 45 heavy (non-hydrogen) atoms. The Labute approximate surface area is 262 Å². The molecule has 0 N–H and O–H groups in total. The standard InChI is InChI=1S/C35H38O10/c1-33(15-38-16-33)21-41-26-8-4-24(5-9-26)31(36)44-28-12-13-29(30(14-28)43-23-35(3)19-40-20-35)45-32(37)25-6-10-27(11-7-25)42-22-34(2)17-39-18-34/h4-14H,15-23H2,1-3H3. The molecule has 6 rings (SSSR count). The van der Waals surface area contributed by atoms with E-state index in [1.165, 1.54) is 0 Å². The number of carbonyl (C=O) groups is 2. The largest absolute Gasteiger partial charge is 0.493 e. The van der Waals surface area contributed by atoms with Crippen molar-refractivity contribution in [3.05, 3.63) is 77.9 Å². The van der Waals surface area contributed by atoms with Crippen LogP contribution in [0.1, 0.15) is 41.5 Å².